The van der Waals surface area contributed by atoms with Crippen LogP contribution in [-0.2, 0) is 26.2 Å². The van der Waals surface area contributed by atoms with E-state index in [-0.39, 0.29) is 17.9 Å². The predicted octanol–water partition coefficient (Wildman–Crippen LogP) is 6.55. The van der Waals surface area contributed by atoms with Gasteiger partial charge in [0.2, 0.25) is 0 Å². The third-order valence-corrected chi connectivity index (χ3v) is 8.26. The van der Waals surface area contributed by atoms with E-state index in [1.165, 1.54) is 17.3 Å². The van der Waals surface area contributed by atoms with Gasteiger partial charge in [0.1, 0.15) is 17.6 Å². The molecular weight excluding hydrogens is 496 g/mol. The van der Waals surface area contributed by atoms with Gasteiger partial charge in [0.15, 0.2) is 0 Å². The minimum atomic E-state index is -0.849. The first-order valence-corrected chi connectivity index (χ1v) is 14.0. The molecule has 0 radical (unpaired) electrons. The first kappa shape index (κ1) is 28.4. The lowest BCUT2D eigenvalue weighted by Crippen LogP contribution is -2.54. The lowest BCUT2D eigenvalue weighted by Gasteiger charge is -2.43. The van der Waals surface area contributed by atoms with Crippen molar-refractivity contribution in [3.63, 3.8) is 0 Å². The molecule has 5 atom stereocenters. The van der Waals surface area contributed by atoms with Crippen molar-refractivity contribution in [2.24, 2.45) is 5.92 Å². The average Bonchev–Trinajstić information content (AvgIpc) is 2.90. The maximum absolute atomic E-state index is 13.0. The fourth-order valence-corrected chi connectivity index (χ4v) is 5.79. The number of carbonyl (C=O) groups is 1. The van der Waals surface area contributed by atoms with E-state index in [0.717, 1.165) is 16.0 Å². The van der Waals surface area contributed by atoms with Crippen LogP contribution in [0.15, 0.2) is 83.8 Å². The Kier molecular flexibility index (Phi) is 9.32. The highest BCUT2D eigenvalue weighted by molar-refractivity contribution is 7.99. The summed E-state index contributed by atoms with van der Waals surface area (Å²) in [5.74, 6) is -0.784. The van der Waals surface area contributed by atoms with Gasteiger partial charge in [-0.05, 0) is 47.2 Å². The molecule has 1 aliphatic rings. The number of ether oxygens (including phenoxy) is 3. The molecule has 1 saturated heterocycles. The minimum absolute atomic E-state index is 0.00704. The molecule has 0 aliphatic carbocycles. The quantitative estimate of drug-likeness (QED) is 0.331. The molecule has 0 aromatic heterocycles. The largest absolute Gasteiger partial charge is 0.455 e. The van der Waals surface area contributed by atoms with E-state index in [2.05, 4.69) is 45.9 Å². The number of benzene rings is 3. The summed E-state index contributed by atoms with van der Waals surface area (Å²) in [6, 6.07) is 25.3. The van der Waals surface area contributed by atoms with Crippen molar-refractivity contribution >= 4 is 17.7 Å². The molecule has 5 nitrogen and oxygen atoms in total. The lowest BCUT2D eigenvalue weighted by molar-refractivity contribution is -0.185. The minimum Gasteiger partial charge on any atom is -0.455 e. The third kappa shape index (κ3) is 7.06. The van der Waals surface area contributed by atoms with Crippen LogP contribution in [0.4, 0.5) is 0 Å². The first-order chi connectivity index (χ1) is 18.1. The van der Waals surface area contributed by atoms with Gasteiger partial charge in [0, 0.05) is 10.8 Å². The van der Waals surface area contributed by atoms with Crippen LogP contribution in [0.25, 0.3) is 0 Å². The first-order valence-electron chi connectivity index (χ1n) is 13.1. The second-order valence-electron chi connectivity index (χ2n) is 11.0. The van der Waals surface area contributed by atoms with E-state index in [1.807, 2.05) is 43.3 Å². The molecule has 3 aromatic carbocycles. The molecule has 4 rings (SSSR count). The molecule has 202 valence electrons. The topological polar surface area (TPSA) is 65.0 Å². The fourth-order valence-electron chi connectivity index (χ4n) is 4.46. The van der Waals surface area contributed by atoms with E-state index in [0.29, 0.717) is 12.2 Å². The Morgan fingerprint density at radius 1 is 1.00 bits per heavy atom. The molecule has 0 bridgehead atoms. The summed E-state index contributed by atoms with van der Waals surface area (Å²) in [6.07, 6.45) is -2.05. The van der Waals surface area contributed by atoms with Gasteiger partial charge in [-0.1, -0.05) is 100 Å². The highest BCUT2D eigenvalue weighted by Gasteiger charge is 2.46. The molecule has 6 heteroatoms. The van der Waals surface area contributed by atoms with Gasteiger partial charge in [-0.25, -0.2) is 4.79 Å². The van der Waals surface area contributed by atoms with Crippen LogP contribution in [0.5, 0.6) is 0 Å². The number of aliphatic hydroxyl groups excluding tert-OH is 1. The van der Waals surface area contributed by atoms with Gasteiger partial charge < -0.3 is 19.3 Å². The Morgan fingerprint density at radius 3 is 2.32 bits per heavy atom. The predicted molar refractivity (Wildman–Crippen MR) is 151 cm³/mol. The lowest BCUT2D eigenvalue weighted by atomic mass is 9.87. The van der Waals surface area contributed by atoms with Gasteiger partial charge in [-0.3, -0.25) is 0 Å². The van der Waals surface area contributed by atoms with E-state index < -0.39 is 29.7 Å². The van der Waals surface area contributed by atoms with Crippen LogP contribution < -0.4 is 0 Å². The standard InChI is InChI=1S/C32H38O5S/c1-21-16-17-25(32(3,4)5)18-27(21)38-31-29(37-30(34)24-14-10-7-11-15-24)22(2)28(33)26(36-31)20-35-19-23-12-8-6-9-13-23/h6-18,22,26,28-29,31,33H,19-20H2,1-5H3/t22-,26?,28-,29?,31-/m0/s1. The second-order valence-corrected chi connectivity index (χ2v) is 12.1. The molecule has 0 saturated carbocycles. The number of rotatable bonds is 8. The zero-order valence-electron chi connectivity index (χ0n) is 22.8. The highest BCUT2D eigenvalue weighted by Crippen LogP contribution is 2.40. The molecule has 1 fully saturated rings. The number of hydrogen-bond acceptors (Lipinski definition) is 6. The van der Waals surface area contributed by atoms with Gasteiger partial charge in [0.25, 0.3) is 0 Å². The summed E-state index contributed by atoms with van der Waals surface area (Å²) in [6.45, 7) is 11.2. The van der Waals surface area contributed by atoms with Crippen molar-refractivity contribution < 1.29 is 24.1 Å². The summed E-state index contributed by atoms with van der Waals surface area (Å²) in [5.41, 5.74) is 3.34. The van der Waals surface area contributed by atoms with Crippen molar-refractivity contribution in [3.8, 4) is 0 Å². The van der Waals surface area contributed by atoms with Crippen LogP contribution in [0, 0.1) is 12.8 Å². The van der Waals surface area contributed by atoms with Crippen LogP contribution in [0.3, 0.4) is 0 Å². The van der Waals surface area contributed by atoms with Crippen LogP contribution in [-0.4, -0.2) is 41.4 Å². The molecule has 1 heterocycles. The van der Waals surface area contributed by atoms with Gasteiger partial charge in [-0.15, -0.1) is 0 Å². The monoisotopic (exact) mass is 534 g/mol. The molecule has 0 amide bonds. The van der Waals surface area contributed by atoms with Gasteiger partial charge in [0.05, 0.1) is 24.9 Å². The van der Waals surface area contributed by atoms with Crippen molar-refractivity contribution in [3.05, 3.63) is 101 Å². The number of esters is 1. The molecule has 2 unspecified atom stereocenters. The fraction of sp³-hybridized carbons (Fsp3) is 0.406. The van der Waals surface area contributed by atoms with E-state index in [4.69, 9.17) is 14.2 Å². The van der Waals surface area contributed by atoms with Crippen molar-refractivity contribution in [1.82, 2.24) is 0 Å². The second kappa shape index (κ2) is 12.5. The number of aryl methyl sites for hydroxylation is 1. The van der Waals surface area contributed by atoms with Crippen LogP contribution >= 0.6 is 11.8 Å². The number of aliphatic hydroxyl groups is 1. The van der Waals surface area contributed by atoms with Crippen molar-refractivity contribution in [1.29, 1.82) is 0 Å². The Labute approximate surface area is 230 Å². The molecular formula is C32H38O5S. The summed E-state index contributed by atoms with van der Waals surface area (Å²) in [5, 5.41) is 11.2. The molecule has 1 aliphatic heterocycles. The number of hydrogen-bond donors (Lipinski definition) is 1. The molecule has 38 heavy (non-hydrogen) atoms. The maximum atomic E-state index is 13.0. The normalized spacial score (nSPS) is 23.7. The Hall–Kier alpha value is -2.64. The van der Waals surface area contributed by atoms with Crippen molar-refractivity contribution in [2.45, 2.75) is 75.3 Å². The van der Waals surface area contributed by atoms with Gasteiger partial charge >= 0.3 is 5.97 Å². The Bertz CT molecular complexity index is 1190. The van der Waals surface area contributed by atoms with E-state index in [9.17, 15) is 9.90 Å². The smallest absolute Gasteiger partial charge is 0.338 e. The molecule has 3 aromatic rings. The highest BCUT2D eigenvalue weighted by atomic mass is 32.2. The Morgan fingerprint density at radius 2 is 1.66 bits per heavy atom. The molecule has 0 spiro atoms. The van der Waals surface area contributed by atoms with Crippen LogP contribution in [0.2, 0.25) is 0 Å². The summed E-state index contributed by atoms with van der Waals surface area (Å²) < 4.78 is 18.4. The summed E-state index contributed by atoms with van der Waals surface area (Å²) >= 11 is 1.54. The van der Waals surface area contributed by atoms with Crippen molar-refractivity contribution in [2.75, 3.05) is 6.61 Å². The average molecular weight is 535 g/mol. The van der Waals surface area contributed by atoms with E-state index >= 15 is 0 Å². The maximum Gasteiger partial charge on any atom is 0.338 e. The van der Waals surface area contributed by atoms with E-state index in [1.54, 1.807) is 24.3 Å². The zero-order valence-corrected chi connectivity index (χ0v) is 23.6. The number of thioether (sulfide) groups is 1. The SMILES string of the molecule is Cc1ccc(C(C)(C)C)cc1S[C@@H]1OC(COCc2ccccc2)[C@@H](O)[C@H](C)C1OC(=O)c1ccccc1. The summed E-state index contributed by atoms with van der Waals surface area (Å²) in [7, 11) is 0. The summed E-state index contributed by atoms with van der Waals surface area (Å²) in [4.78, 5) is 14.1. The number of carbonyl (C=O) groups excluding carboxylic acids is 1. The third-order valence-electron chi connectivity index (χ3n) is 6.96. The van der Waals surface area contributed by atoms with Crippen LogP contribution in [0.1, 0.15) is 54.7 Å². The zero-order chi connectivity index (χ0) is 27.3. The van der Waals surface area contributed by atoms with Gasteiger partial charge in [-0.2, -0.15) is 0 Å². The Balaban J connectivity index is 1.56. The molecule has 1 N–H and O–H groups in total.